The van der Waals surface area contributed by atoms with Gasteiger partial charge in [-0.15, -0.1) is 0 Å². The van der Waals surface area contributed by atoms with E-state index in [-0.39, 0.29) is 5.91 Å². The maximum atomic E-state index is 12.4. The van der Waals surface area contributed by atoms with Crippen LogP contribution in [0, 0.1) is 0 Å². The number of piperazine rings is 1. The van der Waals surface area contributed by atoms with Crippen LogP contribution in [0.3, 0.4) is 0 Å². The molecule has 1 N–H and O–H groups in total. The number of nitrogens with one attached hydrogen (secondary N) is 1. The zero-order valence-electron chi connectivity index (χ0n) is 12.6. The molecule has 1 amide bonds. The van der Waals surface area contributed by atoms with Gasteiger partial charge in [-0.2, -0.15) is 0 Å². The van der Waals surface area contributed by atoms with Crippen LogP contribution in [0.5, 0.6) is 0 Å². The van der Waals surface area contributed by atoms with Gasteiger partial charge >= 0.3 is 0 Å². The SMILES string of the molecule is CNCc1ccc(C(=O)N2CCN(C(C)C)CC2)cn1. The average Bonchev–Trinajstić information content (AvgIpc) is 2.48. The van der Waals surface area contributed by atoms with E-state index in [9.17, 15) is 4.79 Å². The minimum atomic E-state index is 0.0944. The fourth-order valence-electron chi connectivity index (χ4n) is 2.46. The lowest BCUT2D eigenvalue weighted by atomic mass is 10.2. The second kappa shape index (κ2) is 6.81. The summed E-state index contributed by atoms with van der Waals surface area (Å²) in [5, 5.41) is 3.05. The quantitative estimate of drug-likeness (QED) is 0.890. The minimum absolute atomic E-state index is 0.0944. The third-order valence-corrected chi connectivity index (χ3v) is 3.76. The van der Waals surface area contributed by atoms with E-state index in [2.05, 4.69) is 29.0 Å². The molecule has 1 aromatic rings. The van der Waals surface area contributed by atoms with Crippen molar-refractivity contribution in [1.29, 1.82) is 0 Å². The summed E-state index contributed by atoms with van der Waals surface area (Å²) < 4.78 is 0. The van der Waals surface area contributed by atoms with Gasteiger partial charge in [0.2, 0.25) is 0 Å². The van der Waals surface area contributed by atoms with Gasteiger partial charge in [-0.1, -0.05) is 0 Å². The maximum absolute atomic E-state index is 12.4. The van der Waals surface area contributed by atoms with Crippen molar-refractivity contribution in [3.05, 3.63) is 29.6 Å². The van der Waals surface area contributed by atoms with Gasteiger partial charge in [0.1, 0.15) is 0 Å². The van der Waals surface area contributed by atoms with E-state index in [0.29, 0.717) is 11.6 Å². The number of nitrogens with zero attached hydrogens (tertiary/aromatic N) is 3. The van der Waals surface area contributed by atoms with Crippen LogP contribution in [-0.4, -0.2) is 60.0 Å². The minimum Gasteiger partial charge on any atom is -0.336 e. The molecule has 0 aromatic carbocycles. The van der Waals surface area contributed by atoms with Crippen LogP contribution in [0.25, 0.3) is 0 Å². The van der Waals surface area contributed by atoms with Gasteiger partial charge in [0.15, 0.2) is 0 Å². The molecule has 5 nitrogen and oxygen atoms in total. The molecule has 2 rings (SSSR count). The molecule has 5 heteroatoms. The molecule has 2 heterocycles. The number of amides is 1. The van der Waals surface area contributed by atoms with Gasteiger partial charge in [-0.05, 0) is 33.0 Å². The van der Waals surface area contributed by atoms with E-state index in [4.69, 9.17) is 0 Å². The Hall–Kier alpha value is -1.46. The molecule has 0 spiro atoms. The van der Waals surface area contributed by atoms with Crippen molar-refractivity contribution >= 4 is 5.91 Å². The van der Waals surface area contributed by atoms with Crippen LogP contribution in [0.4, 0.5) is 0 Å². The molecule has 1 aromatic heterocycles. The van der Waals surface area contributed by atoms with E-state index in [0.717, 1.165) is 38.4 Å². The van der Waals surface area contributed by atoms with Gasteiger partial charge in [-0.25, -0.2) is 0 Å². The van der Waals surface area contributed by atoms with Crippen LogP contribution in [0.15, 0.2) is 18.3 Å². The zero-order chi connectivity index (χ0) is 14.5. The molecule has 20 heavy (non-hydrogen) atoms. The van der Waals surface area contributed by atoms with Crippen molar-refractivity contribution < 1.29 is 4.79 Å². The Labute approximate surface area is 121 Å². The number of carbonyl (C=O) groups is 1. The molecular weight excluding hydrogens is 252 g/mol. The van der Waals surface area contributed by atoms with Crippen molar-refractivity contribution in [3.63, 3.8) is 0 Å². The molecule has 0 saturated carbocycles. The highest BCUT2D eigenvalue weighted by molar-refractivity contribution is 5.94. The van der Waals surface area contributed by atoms with Crippen LogP contribution in [0.1, 0.15) is 29.9 Å². The standard InChI is InChI=1S/C15H24N4O/c1-12(2)18-6-8-19(9-7-18)15(20)13-4-5-14(11-16-3)17-10-13/h4-5,10,12,16H,6-9,11H2,1-3H3. The Morgan fingerprint density at radius 2 is 2.00 bits per heavy atom. The Balaban J connectivity index is 1.94. The fourth-order valence-corrected chi connectivity index (χ4v) is 2.46. The maximum Gasteiger partial charge on any atom is 0.255 e. The summed E-state index contributed by atoms with van der Waals surface area (Å²) in [7, 11) is 1.88. The van der Waals surface area contributed by atoms with Crippen LogP contribution >= 0.6 is 0 Å². The van der Waals surface area contributed by atoms with Crippen LogP contribution in [0.2, 0.25) is 0 Å². The van der Waals surface area contributed by atoms with E-state index in [1.807, 2.05) is 24.1 Å². The summed E-state index contributed by atoms with van der Waals surface area (Å²) in [4.78, 5) is 21.0. The normalized spacial score (nSPS) is 16.7. The van der Waals surface area contributed by atoms with Gasteiger partial charge < -0.3 is 10.2 Å². The molecule has 0 atom stereocenters. The highest BCUT2D eigenvalue weighted by Crippen LogP contribution is 2.10. The molecule has 1 fully saturated rings. The number of pyridine rings is 1. The molecule has 1 aliphatic rings. The van der Waals surface area contributed by atoms with Crippen molar-refractivity contribution in [2.24, 2.45) is 0 Å². The Bertz CT molecular complexity index is 436. The molecule has 1 aliphatic heterocycles. The van der Waals surface area contributed by atoms with Crippen molar-refractivity contribution in [2.75, 3.05) is 33.2 Å². The highest BCUT2D eigenvalue weighted by Gasteiger charge is 2.23. The van der Waals surface area contributed by atoms with Crippen molar-refractivity contribution in [2.45, 2.75) is 26.4 Å². The summed E-state index contributed by atoms with van der Waals surface area (Å²) in [6, 6.07) is 4.33. The summed E-state index contributed by atoms with van der Waals surface area (Å²) in [5.41, 5.74) is 1.64. The first-order valence-corrected chi connectivity index (χ1v) is 7.24. The van der Waals surface area contributed by atoms with Gasteiger partial charge in [-0.3, -0.25) is 14.7 Å². The zero-order valence-corrected chi connectivity index (χ0v) is 12.6. The first-order chi connectivity index (χ1) is 9.61. The van der Waals surface area contributed by atoms with Crippen molar-refractivity contribution in [1.82, 2.24) is 20.1 Å². The van der Waals surface area contributed by atoms with E-state index in [1.165, 1.54) is 0 Å². The number of rotatable bonds is 4. The molecule has 110 valence electrons. The average molecular weight is 276 g/mol. The lowest BCUT2D eigenvalue weighted by molar-refractivity contribution is 0.0595. The second-order valence-corrected chi connectivity index (χ2v) is 5.49. The molecule has 0 aliphatic carbocycles. The molecule has 0 unspecified atom stereocenters. The molecule has 0 radical (unpaired) electrons. The topological polar surface area (TPSA) is 48.5 Å². The number of carbonyl (C=O) groups excluding carboxylic acids is 1. The Kier molecular flexibility index (Phi) is 5.09. The fraction of sp³-hybridized carbons (Fsp3) is 0.600. The summed E-state index contributed by atoms with van der Waals surface area (Å²) in [6.07, 6.45) is 1.68. The van der Waals surface area contributed by atoms with Gasteiger partial charge in [0, 0.05) is 45.0 Å². The Morgan fingerprint density at radius 3 is 2.50 bits per heavy atom. The number of aromatic nitrogens is 1. The lowest BCUT2D eigenvalue weighted by Gasteiger charge is -2.36. The third-order valence-electron chi connectivity index (χ3n) is 3.76. The lowest BCUT2D eigenvalue weighted by Crippen LogP contribution is -2.50. The first kappa shape index (κ1) is 14.9. The molecular formula is C15H24N4O. The molecule has 1 saturated heterocycles. The van der Waals surface area contributed by atoms with E-state index < -0.39 is 0 Å². The first-order valence-electron chi connectivity index (χ1n) is 7.24. The Morgan fingerprint density at radius 1 is 1.30 bits per heavy atom. The predicted molar refractivity (Wildman–Crippen MR) is 79.6 cm³/mol. The predicted octanol–water partition coefficient (Wildman–Crippen LogP) is 0.967. The monoisotopic (exact) mass is 276 g/mol. The number of hydrogen-bond acceptors (Lipinski definition) is 4. The summed E-state index contributed by atoms with van der Waals surface area (Å²) in [6.45, 7) is 8.62. The summed E-state index contributed by atoms with van der Waals surface area (Å²) in [5.74, 6) is 0.0944. The molecule has 0 bridgehead atoms. The van der Waals surface area contributed by atoms with E-state index in [1.54, 1.807) is 6.20 Å². The van der Waals surface area contributed by atoms with Gasteiger partial charge in [0.25, 0.3) is 5.91 Å². The largest absolute Gasteiger partial charge is 0.336 e. The van der Waals surface area contributed by atoms with E-state index >= 15 is 0 Å². The van der Waals surface area contributed by atoms with Crippen LogP contribution in [-0.2, 0) is 6.54 Å². The number of hydrogen-bond donors (Lipinski definition) is 1. The smallest absolute Gasteiger partial charge is 0.255 e. The van der Waals surface area contributed by atoms with Gasteiger partial charge in [0.05, 0.1) is 11.3 Å². The third kappa shape index (κ3) is 3.55. The summed E-state index contributed by atoms with van der Waals surface area (Å²) >= 11 is 0. The second-order valence-electron chi connectivity index (χ2n) is 5.49. The highest BCUT2D eigenvalue weighted by atomic mass is 16.2. The van der Waals surface area contributed by atoms with Crippen LogP contribution < -0.4 is 5.32 Å². The van der Waals surface area contributed by atoms with Crippen molar-refractivity contribution in [3.8, 4) is 0 Å².